The lowest BCUT2D eigenvalue weighted by atomic mass is 10.2. The Labute approximate surface area is 198 Å². The number of benzene rings is 2. The van der Waals surface area contributed by atoms with Crippen molar-refractivity contribution >= 4 is 35.1 Å². The summed E-state index contributed by atoms with van der Waals surface area (Å²) < 4.78 is 25.4. The minimum Gasteiger partial charge on any atom is -0.493 e. The van der Waals surface area contributed by atoms with Crippen LogP contribution in [0.5, 0.6) is 11.5 Å². The van der Waals surface area contributed by atoms with Crippen molar-refractivity contribution in [3.63, 3.8) is 0 Å². The molecular weight excluding hydrogens is 465 g/mol. The molecule has 0 aliphatic carbocycles. The minimum absolute atomic E-state index is 0.0312. The van der Waals surface area contributed by atoms with Crippen molar-refractivity contribution in [2.75, 3.05) is 25.3 Å². The number of methoxy groups -OCH3 is 2. The fourth-order valence-electron chi connectivity index (χ4n) is 3.46. The van der Waals surface area contributed by atoms with Crippen molar-refractivity contribution in [2.24, 2.45) is 0 Å². The Morgan fingerprint density at radius 3 is 2.64 bits per heavy atom. The summed E-state index contributed by atoms with van der Waals surface area (Å²) in [5, 5.41) is 3.45. The quantitative estimate of drug-likeness (QED) is 0.396. The maximum absolute atomic E-state index is 13.5. The minimum atomic E-state index is -0.396. The highest BCUT2D eigenvalue weighted by Crippen LogP contribution is 2.35. The van der Waals surface area contributed by atoms with Crippen LogP contribution in [0.2, 0.25) is 0 Å². The standard InChI is InChI=1S/C23H22FN3O4S2/c1-13-10-17-21(33-13)22(29)27(16-7-4-14(24)5-8-16)23(26-17)32-12-20(28)25-15-6-9-18(30-2)19(11-15)31-3/h4-9,11,13H,10,12H2,1-3H3,(H,25,28). The van der Waals surface area contributed by atoms with Gasteiger partial charge in [-0.15, -0.1) is 11.8 Å². The molecule has 3 aromatic rings. The Morgan fingerprint density at radius 2 is 1.94 bits per heavy atom. The number of thioether (sulfide) groups is 2. The average molecular weight is 488 g/mol. The molecule has 1 atom stereocenters. The van der Waals surface area contributed by atoms with Gasteiger partial charge in [0.1, 0.15) is 5.82 Å². The summed E-state index contributed by atoms with van der Waals surface area (Å²) in [5.74, 6) is 0.425. The number of amides is 1. The van der Waals surface area contributed by atoms with Crippen molar-refractivity contribution < 1.29 is 18.7 Å². The summed E-state index contributed by atoms with van der Waals surface area (Å²) in [6.07, 6.45) is 0.685. The zero-order valence-corrected chi connectivity index (χ0v) is 19.9. The highest BCUT2D eigenvalue weighted by Gasteiger charge is 2.27. The third-order valence-corrected chi connectivity index (χ3v) is 7.12. The summed E-state index contributed by atoms with van der Waals surface area (Å²) in [4.78, 5) is 31.2. The molecule has 1 aliphatic heterocycles. The Bertz CT molecular complexity index is 1250. The highest BCUT2D eigenvalue weighted by atomic mass is 32.2. The van der Waals surface area contributed by atoms with Gasteiger partial charge < -0.3 is 14.8 Å². The molecule has 1 N–H and O–H groups in total. The first kappa shape index (κ1) is 23.2. The number of carbonyl (C=O) groups is 1. The van der Waals surface area contributed by atoms with E-state index in [4.69, 9.17) is 9.47 Å². The van der Waals surface area contributed by atoms with E-state index in [1.54, 1.807) is 18.2 Å². The molecule has 1 aromatic heterocycles. The van der Waals surface area contributed by atoms with Gasteiger partial charge in [0, 0.05) is 23.4 Å². The second-order valence-electron chi connectivity index (χ2n) is 7.33. The van der Waals surface area contributed by atoms with Crippen LogP contribution in [0, 0.1) is 5.82 Å². The van der Waals surface area contributed by atoms with Crippen molar-refractivity contribution in [1.29, 1.82) is 0 Å². The molecule has 1 aliphatic rings. The molecule has 33 heavy (non-hydrogen) atoms. The normalized spacial score (nSPS) is 14.6. The number of nitrogens with zero attached hydrogens (tertiary/aromatic N) is 2. The number of hydrogen-bond donors (Lipinski definition) is 1. The molecular formula is C23H22FN3O4S2. The predicted molar refractivity (Wildman–Crippen MR) is 128 cm³/mol. The Morgan fingerprint density at radius 1 is 1.21 bits per heavy atom. The average Bonchev–Trinajstić information content (AvgIpc) is 3.19. The second kappa shape index (κ2) is 9.88. The van der Waals surface area contributed by atoms with Gasteiger partial charge in [0.25, 0.3) is 5.56 Å². The van der Waals surface area contributed by atoms with Gasteiger partial charge in [-0.05, 0) is 36.4 Å². The molecule has 0 saturated carbocycles. The summed E-state index contributed by atoms with van der Waals surface area (Å²) in [6.45, 7) is 2.04. The van der Waals surface area contributed by atoms with Gasteiger partial charge in [-0.2, -0.15) is 0 Å². The van der Waals surface area contributed by atoms with E-state index in [2.05, 4.69) is 10.3 Å². The van der Waals surface area contributed by atoms with Crippen LogP contribution in [0.3, 0.4) is 0 Å². The predicted octanol–water partition coefficient (Wildman–Crippen LogP) is 4.16. The molecule has 4 rings (SSSR count). The van der Waals surface area contributed by atoms with Gasteiger partial charge in [0.2, 0.25) is 5.91 Å². The van der Waals surface area contributed by atoms with Crippen LogP contribution in [0.25, 0.3) is 5.69 Å². The van der Waals surface area contributed by atoms with Gasteiger partial charge in [0.05, 0.1) is 36.2 Å². The number of hydrogen-bond acceptors (Lipinski definition) is 7. The lowest BCUT2D eigenvalue weighted by molar-refractivity contribution is -0.113. The van der Waals surface area contributed by atoms with Crippen LogP contribution in [0.4, 0.5) is 10.1 Å². The highest BCUT2D eigenvalue weighted by molar-refractivity contribution is 8.00. The van der Waals surface area contributed by atoms with Crippen LogP contribution >= 0.6 is 23.5 Å². The fourth-order valence-corrected chi connectivity index (χ4v) is 5.38. The number of aromatic nitrogens is 2. The number of ether oxygens (including phenoxy) is 2. The molecule has 7 nitrogen and oxygen atoms in total. The number of anilines is 1. The van der Waals surface area contributed by atoms with E-state index in [1.165, 1.54) is 54.8 Å². The van der Waals surface area contributed by atoms with Crippen molar-refractivity contribution in [3.8, 4) is 17.2 Å². The molecule has 0 bridgehead atoms. The maximum Gasteiger partial charge on any atom is 0.272 e. The second-order valence-corrected chi connectivity index (χ2v) is 9.72. The maximum atomic E-state index is 13.5. The smallest absolute Gasteiger partial charge is 0.272 e. The molecule has 2 aromatic carbocycles. The van der Waals surface area contributed by atoms with Crippen LogP contribution in [0.15, 0.2) is 57.3 Å². The zero-order valence-electron chi connectivity index (χ0n) is 18.3. The van der Waals surface area contributed by atoms with E-state index in [0.717, 1.165) is 17.5 Å². The molecule has 0 saturated heterocycles. The lowest BCUT2D eigenvalue weighted by Gasteiger charge is -2.14. The molecule has 10 heteroatoms. The molecule has 1 amide bonds. The number of nitrogens with one attached hydrogen (secondary N) is 1. The van der Waals surface area contributed by atoms with E-state index in [1.807, 2.05) is 6.92 Å². The zero-order chi connectivity index (χ0) is 23.5. The van der Waals surface area contributed by atoms with Crippen LogP contribution in [-0.2, 0) is 11.2 Å². The Balaban J connectivity index is 1.58. The first-order valence-electron chi connectivity index (χ1n) is 10.1. The van der Waals surface area contributed by atoms with E-state index in [-0.39, 0.29) is 22.5 Å². The molecule has 0 fully saturated rings. The molecule has 2 heterocycles. The van der Waals surface area contributed by atoms with Gasteiger partial charge >= 0.3 is 0 Å². The topological polar surface area (TPSA) is 82.5 Å². The van der Waals surface area contributed by atoms with Crippen LogP contribution < -0.4 is 20.3 Å². The number of fused-ring (bicyclic) bond motifs is 1. The van der Waals surface area contributed by atoms with Gasteiger partial charge in [0.15, 0.2) is 16.7 Å². The van der Waals surface area contributed by atoms with Gasteiger partial charge in [-0.3, -0.25) is 14.2 Å². The first-order chi connectivity index (χ1) is 15.9. The first-order valence-corrected chi connectivity index (χ1v) is 12.0. The lowest BCUT2D eigenvalue weighted by Crippen LogP contribution is -2.24. The monoisotopic (exact) mass is 487 g/mol. The van der Waals surface area contributed by atoms with E-state index in [0.29, 0.717) is 39.3 Å². The van der Waals surface area contributed by atoms with Gasteiger partial charge in [-0.1, -0.05) is 18.7 Å². The molecule has 172 valence electrons. The van der Waals surface area contributed by atoms with E-state index in [9.17, 15) is 14.0 Å². The third kappa shape index (κ3) is 5.01. The SMILES string of the molecule is COc1ccc(NC(=O)CSc2nc3c(c(=O)n2-c2ccc(F)cc2)SC(C)C3)cc1OC. The van der Waals surface area contributed by atoms with Crippen molar-refractivity contribution in [3.05, 3.63) is 64.3 Å². The van der Waals surface area contributed by atoms with Crippen LogP contribution in [-0.4, -0.2) is 40.7 Å². The number of rotatable bonds is 7. The summed E-state index contributed by atoms with van der Waals surface area (Å²) in [7, 11) is 3.06. The van der Waals surface area contributed by atoms with Crippen LogP contribution in [0.1, 0.15) is 12.6 Å². The Kier molecular flexibility index (Phi) is 6.94. The van der Waals surface area contributed by atoms with Crippen molar-refractivity contribution in [2.45, 2.75) is 28.6 Å². The third-order valence-electron chi connectivity index (χ3n) is 4.97. The summed E-state index contributed by atoms with van der Waals surface area (Å²) in [5.41, 5.74) is 1.59. The summed E-state index contributed by atoms with van der Waals surface area (Å²) >= 11 is 2.64. The van der Waals surface area contributed by atoms with Crippen molar-refractivity contribution in [1.82, 2.24) is 9.55 Å². The van der Waals surface area contributed by atoms with Gasteiger partial charge in [-0.25, -0.2) is 9.37 Å². The fraction of sp³-hybridized carbons (Fsp3) is 0.261. The largest absolute Gasteiger partial charge is 0.493 e. The molecule has 0 radical (unpaired) electrons. The number of carbonyl (C=O) groups excluding carboxylic acids is 1. The molecule has 1 unspecified atom stereocenters. The van der Waals surface area contributed by atoms with E-state index >= 15 is 0 Å². The number of halogens is 1. The van der Waals surface area contributed by atoms with E-state index < -0.39 is 5.82 Å². The summed E-state index contributed by atoms with van der Waals surface area (Å²) in [6, 6.07) is 10.7. The Hall–Kier alpha value is -2.98. The molecule has 0 spiro atoms.